The van der Waals surface area contributed by atoms with E-state index in [-0.39, 0.29) is 5.82 Å². The van der Waals surface area contributed by atoms with E-state index in [4.69, 9.17) is 4.74 Å². The summed E-state index contributed by atoms with van der Waals surface area (Å²) in [5, 5.41) is 0. The van der Waals surface area contributed by atoms with E-state index in [9.17, 15) is 4.39 Å². The maximum atomic E-state index is 13.6. The lowest BCUT2D eigenvalue weighted by Gasteiger charge is -2.09. The summed E-state index contributed by atoms with van der Waals surface area (Å²) in [4.78, 5) is 0. The van der Waals surface area contributed by atoms with Crippen molar-refractivity contribution in [1.82, 2.24) is 0 Å². The molecule has 0 N–H and O–H groups in total. The first kappa shape index (κ1) is 13.2. The monoisotopic (exact) mass is 270 g/mol. The van der Waals surface area contributed by atoms with E-state index >= 15 is 0 Å². The minimum atomic E-state index is -0.155. The number of aryl methyl sites for hydroxylation is 2. The highest BCUT2D eigenvalue weighted by Crippen LogP contribution is 2.33. The summed E-state index contributed by atoms with van der Waals surface area (Å²) in [6, 6.07) is 11.7. The summed E-state index contributed by atoms with van der Waals surface area (Å²) in [6.07, 6.45) is 3.91. The number of hydrogen-bond acceptors (Lipinski definition) is 1. The van der Waals surface area contributed by atoms with Crippen LogP contribution in [0.2, 0.25) is 0 Å². The van der Waals surface area contributed by atoms with Crippen molar-refractivity contribution in [1.29, 1.82) is 0 Å². The predicted molar refractivity (Wildman–Crippen MR) is 78.8 cm³/mol. The number of rotatable bonds is 4. The van der Waals surface area contributed by atoms with E-state index in [1.807, 2.05) is 12.1 Å². The minimum absolute atomic E-state index is 0.155. The standard InChI is InChI=1S/C18H19FO/c1-12-9-17(10-13(2)18(12)19)20-16-7-5-15(6-8-16)11-14-3-4-14/h5-10,14H,3-4,11H2,1-2H3. The van der Waals surface area contributed by atoms with Gasteiger partial charge in [-0.05, 0) is 80.0 Å². The molecule has 0 radical (unpaired) electrons. The third kappa shape index (κ3) is 3.01. The van der Waals surface area contributed by atoms with Crippen LogP contribution in [-0.4, -0.2) is 0 Å². The molecule has 0 amide bonds. The summed E-state index contributed by atoms with van der Waals surface area (Å²) < 4.78 is 19.4. The molecule has 1 nitrogen and oxygen atoms in total. The molecule has 1 fully saturated rings. The first-order valence-corrected chi connectivity index (χ1v) is 7.15. The molecule has 0 aromatic heterocycles. The van der Waals surface area contributed by atoms with Crippen molar-refractivity contribution in [2.75, 3.05) is 0 Å². The van der Waals surface area contributed by atoms with E-state index in [1.54, 1.807) is 26.0 Å². The molecular formula is C18H19FO. The van der Waals surface area contributed by atoms with E-state index in [0.29, 0.717) is 16.9 Å². The molecule has 104 valence electrons. The van der Waals surface area contributed by atoms with E-state index in [1.165, 1.54) is 24.8 Å². The van der Waals surface area contributed by atoms with Crippen molar-refractivity contribution in [2.45, 2.75) is 33.1 Å². The number of halogens is 1. The first-order valence-electron chi connectivity index (χ1n) is 7.15. The van der Waals surface area contributed by atoms with Crippen LogP contribution in [0.15, 0.2) is 36.4 Å². The van der Waals surface area contributed by atoms with Crippen molar-refractivity contribution in [3.8, 4) is 11.5 Å². The zero-order valence-corrected chi connectivity index (χ0v) is 11.9. The summed E-state index contributed by atoms with van der Waals surface area (Å²) >= 11 is 0. The maximum Gasteiger partial charge on any atom is 0.129 e. The zero-order chi connectivity index (χ0) is 14.1. The molecule has 1 saturated carbocycles. The lowest BCUT2D eigenvalue weighted by molar-refractivity contribution is 0.478. The molecule has 0 heterocycles. The van der Waals surface area contributed by atoms with Gasteiger partial charge in [0, 0.05) is 0 Å². The van der Waals surface area contributed by atoms with Gasteiger partial charge in [-0.3, -0.25) is 0 Å². The second kappa shape index (κ2) is 5.28. The van der Waals surface area contributed by atoms with Crippen molar-refractivity contribution in [3.05, 3.63) is 58.9 Å². The van der Waals surface area contributed by atoms with Gasteiger partial charge in [0.1, 0.15) is 17.3 Å². The fraction of sp³-hybridized carbons (Fsp3) is 0.333. The topological polar surface area (TPSA) is 9.23 Å². The fourth-order valence-corrected chi connectivity index (χ4v) is 2.45. The molecule has 0 spiro atoms. The van der Waals surface area contributed by atoms with Gasteiger partial charge in [0.05, 0.1) is 0 Å². The van der Waals surface area contributed by atoms with Crippen molar-refractivity contribution >= 4 is 0 Å². The smallest absolute Gasteiger partial charge is 0.129 e. The summed E-state index contributed by atoms with van der Waals surface area (Å²) in [7, 11) is 0. The highest BCUT2D eigenvalue weighted by atomic mass is 19.1. The molecule has 1 aliphatic rings. The molecule has 1 aliphatic carbocycles. The van der Waals surface area contributed by atoms with Crippen LogP contribution >= 0.6 is 0 Å². The van der Waals surface area contributed by atoms with Crippen LogP contribution in [-0.2, 0) is 6.42 Å². The lowest BCUT2D eigenvalue weighted by atomic mass is 10.1. The van der Waals surface area contributed by atoms with Crippen LogP contribution in [0.3, 0.4) is 0 Å². The second-order valence-corrected chi connectivity index (χ2v) is 5.76. The Kier molecular flexibility index (Phi) is 3.47. The quantitative estimate of drug-likeness (QED) is 0.743. The Labute approximate surface area is 119 Å². The molecule has 20 heavy (non-hydrogen) atoms. The van der Waals surface area contributed by atoms with Crippen LogP contribution in [0.25, 0.3) is 0 Å². The highest BCUT2D eigenvalue weighted by molar-refractivity contribution is 5.38. The third-order valence-electron chi connectivity index (χ3n) is 3.79. The first-order chi connectivity index (χ1) is 9.61. The Balaban J connectivity index is 1.73. The molecule has 0 saturated heterocycles. The van der Waals surface area contributed by atoms with E-state index < -0.39 is 0 Å². The molecule has 3 rings (SSSR count). The maximum absolute atomic E-state index is 13.6. The molecule has 0 bridgehead atoms. The van der Waals surface area contributed by atoms with Crippen molar-refractivity contribution in [3.63, 3.8) is 0 Å². The SMILES string of the molecule is Cc1cc(Oc2ccc(CC3CC3)cc2)cc(C)c1F. The fourth-order valence-electron chi connectivity index (χ4n) is 2.45. The normalized spacial score (nSPS) is 14.3. The molecule has 0 aliphatic heterocycles. The summed E-state index contributed by atoms with van der Waals surface area (Å²) in [5.74, 6) is 2.23. The van der Waals surface area contributed by atoms with Gasteiger partial charge in [0.25, 0.3) is 0 Å². The van der Waals surface area contributed by atoms with Gasteiger partial charge in [-0.1, -0.05) is 12.1 Å². The number of ether oxygens (including phenoxy) is 1. The third-order valence-corrected chi connectivity index (χ3v) is 3.79. The second-order valence-electron chi connectivity index (χ2n) is 5.76. The predicted octanol–water partition coefficient (Wildman–Crippen LogP) is 5.19. The van der Waals surface area contributed by atoms with Crippen LogP contribution in [0.1, 0.15) is 29.5 Å². The average molecular weight is 270 g/mol. The number of hydrogen-bond donors (Lipinski definition) is 0. The van der Waals surface area contributed by atoms with E-state index in [0.717, 1.165) is 11.7 Å². The largest absolute Gasteiger partial charge is 0.457 e. The van der Waals surface area contributed by atoms with Gasteiger partial charge in [-0.2, -0.15) is 0 Å². The lowest BCUT2D eigenvalue weighted by Crippen LogP contribution is -1.92. The minimum Gasteiger partial charge on any atom is -0.457 e. The number of benzene rings is 2. The van der Waals surface area contributed by atoms with Gasteiger partial charge in [-0.15, -0.1) is 0 Å². The van der Waals surface area contributed by atoms with Crippen LogP contribution in [0, 0.1) is 25.6 Å². The Hall–Kier alpha value is -1.83. The van der Waals surface area contributed by atoms with Crippen LogP contribution in [0.4, 0.5) is 4.39 Å². The van der Waals surface area contributed by atoms with Gasteiger partial charge >= 0.3 is 0 Å². The van der Waals surface area contributed by atoms with Crippen LogP contribution in [0.5, 0.6) is 11.5 Å². The molecule has 2 heteroatoms. The van der Waals surface area contributed by atoms with Crippen molar-refractivity contribution < 1.29 is 9.13 Å². The molecule has 0 unspecified atom stereocenters. The Morgan fingerprint density at radius 1 is 1.00 bits per heavy atom. The van der Waals surface area contributed by atoms with Gasteiger partial charge in [0.15, 0.2) is 0 Å². The van der Waals surface area contributed by atoms with Crippen molar-refractivity contribution in [2.24, 2.45) is 5.92 Å². The molecule has 2 aromatic carbocycles. The van der Waals surface area contributed by atoms with E-state index in [2.05, 4.69) is 12.1 Å². The highest BCUT2D eigenvalue weighted by Gasteiger charge is 2.21. The molecule has 0 atom stereocenters. The summed E-state index contributed by atoms with van der Waals surface area (Å²) in [6.45, 7) is 3.52. The summed E-state index contributed by atoms with van der Waals surface area (Å²) in [5.41, 5.74) is 2.60. The van der Waals surface area contributed by atoms with Gasteiger partial charge in [-0.25, -0.2) is 4.39 Å². The average Bonchev–Trinajstić information content (AvgIpc) is 3.22. The molecular weight excluding hydrogens is 251 g/mol. The Morgan fingerprint density at radius 2 is 1.60 bits per heavy atom. The van der Waals surface area contributed by atoms with Gasteiger partial charge in [0.2, 0.25) is 0 Å². The van der Waals surface area contributed by atoms with Crippen LogP contribution < -0.4 is 4.74 Å². The van der Waals surface area contributed by atoms with Gasteiger partial charge < -0.3 is 4.74 Å². The Bertz CT molecular complexity index is 589. The zero-order valence-electron chi connectivity index (χ0n) is 11.9. The molecule has 2 aromatic rings. The Morgan fingerprint density at radius 3 is 2.15 bits per heavy atom.